The van der Waals surface area contributed by atoms with E-state index in [0.717, 1.165) is 13.0 Å². The Bertz CT molecular complexity index is 629. The largest absolute Gasteiger partial charge is 0.490 e. The first-order valence-corrected chi connectivity index (χ1v) is 8.36. The van der Waals surface area contributed by atoms with Crippen molar-refractivity contribution >= 4 is 29.1 Å². The van der Waals surface area contributed by atoms with Gasteiger partial charge in [-0.25, -0.2) is 9.18 Å². The monoisotopic (exact) mass is 370 g/mol. The smallest absolute Gasteiger partial charge is 0.414 e. The third kappa shape index (κ3) is 5.71. The zero-order chi connectivity index (χ0) is 18.4. The van der Waals surface area contributed by atoms with E-state index in [4.69, 9.17) is 27.4 Å². The number of amides is 1. The second-order valence-corrected chi connectivity index (χ2v) is 6.42. The van der Waals surface area contributed by atoms with Gasteiger partial charge in [-0.3, -0.25) is 4.90 Å². The molecule has 138 valence electrons. The highest BCUT2D eigenvalue weighted by Crippen LogP contribution is 2.27. The molecule has 1 aliphatic heterocycles. The number of ether oxygens (including phenoxy) is 2. The summed E-state index contributed by atoms with van der Waals surface area (Å²) in [5.41, 5.74) is 5.77. The van der Waals surface area contributed by atoms with Crippen molar-refractivity contribution in [1.29, 1.82) is 0 Å². The Hall–Kier alpha value is -2.13. The number of nitrogens with zero attached hydrogens (tertiary/aromatic N) is 2. The molecule has 2 rings (SSSR count). The first-order chi connectivity index (χ1) is 11.9. The highest BCUT2D eigenvalue weighted by atomic mass is 32.1. The van der Waals surface area contributed by atoms with Crippen molar-refractivity contribution in [3.05, 3.63) is 24.0 Å². The summed E-state index contributed by atoms with van der Waals surface area (Å²) in [6.07, 6.45) is -0.141. The number of thiocarbonyl (C=S) groups is 1. The topological polar surface area (TPSA) is 80.1 Å². The molecule has 0 bridgehead atoms. The molecular formula is C16H23FN4O3S. The number of hydrogen-bond donors (Lipinski definition) is 2. The van der Waals surface area contributed by atoms with Crippen LogP contribution in [0.15, 0.2) is 18.2 Å². The van der Waals surface area contributed by atoms with Gasteiger partial charge in [0, 0.05) is 12.6 Å². The lowest BCUT2D eigenvalue weighted by atomic mass is 10.2. The Balaban J connectivity index is 1.93. The second kappa shape index (κ2) is 8.82. The standard InChI is InChI=1S/C16H23FN4O3S/c1-20(2)6-3-7-23-14-5-4-11(8-13(14)17)21-10-12(24-16(21)22)9-19-15(18)25/h4-5,8,12H,3,6-7,9-10H2,1-2H3,(H3,18,19,25)/t12-/m0/s1. The number of carbonyl (C=O) groups is 1. The lowest BCUT2D eigenvalue weighted by Gasteiger charge is -2.15. The van der Waals surface area contributed by atoms with Crippen LogP contribution >= 0.6 is 12.2 Å². The van der Waals surface area contributed by atoms with Crippen LogP contribution < -0.4 is 20.7 Å². The predicted molar refractivity (Wildman–Crippen MR) is 97.5 cm³/mol. The minimum absolute atomic E-state index is 0.135. The molecule has 0 unspecified atom stereocenters. The lowest BCUT2D eigenvalue weighted by Crippen LogP contribution is -2.37. The molecule has 1 atom stereocenters. The molecule has 9 heteroatoms. The van der Waals surface area contributed by atoms with E-state index >= 15 is 0 Å². The molecule has 0 saturated carbocycles. The Morgan fingerprint density at radius 3 is 2.96 bits per heavy atom. The predicted octanol–water partition coefficient (Wildman–Crippen LogP) is 1.31. The molecule has 0 aliphatic carbocycles. The van der Waals surface area contributed by atoms with Gasteiger partial charge in [-0.05, 0) is 44.9 Å². The maximum Gasteiger partial charge on any atom is 0.414 e. The average molecular weight is 370 g/mol. The fraction of sp³-hybridized carbons (Fsp3) is 0.500. The van der Waals surface area contributed by atoms with Gasteiger partial charge in [0.1, 0.15) is 6.10 Å². The number of carbonyl (C=O) groups excluding carboxylic acids is 1. The van der Waals surface area contributed by atoms with Gasteiger partial charge >= 0.3 is 6.09 Å². The number of anilines is 1. The number of halogens is 1. The van der Waals surface area contributed by atoms with Crippen molar-refractivity contribution < 1.29 is 18.7 Å². The molecule has 1 fully saturated rings. The Morgan fingerprint density at radius 1 is 1.56 bits per heavy atom. The number of rotatable bonds is 8. The van der Waals surface area contributed by atoms with Crippen LogP contribution in [0, 0.1) is 5.82 Å². The average Bonchev–Trinajstić information content (AvgIpc) is 2.91. The minimum Gasteiger partial charge on any atom is -0.490 e. The minimum atomic E-state index is -0.534. The molecule has 1 saturated heterocycles. The van der Waals surface area contributed by atoms with Crippen LogP contribution in [0.4, 0.5) is 14.9 Å². The zero-order valence-corrected chi connectivity index (χ0v) is 15.1. The quantitative estimate of drug-likeness (QED) is 0.528. The Labute approximate surface area is 151 Å². The van der Waals surface area contributed by atoms with E-state index in [-0.39, 0.29) is 17.4 Å². The van der Waals surface area contributed by atoms with Crippen LogP contribution in [0.3, 0.4) is 0 Å². The number of benzene rings is 1. The summed E-state index contributed by atoms with van der Waals surface area (Å²) >= 11 is 4.72. The summed E-state index contributed by atoms with van der Waals surface area (Å²) in [7, 11) is 3.93. The van der Waals surface area contributed by atoms with Crippen molar-refractivity contribution in [2.45, 2.75) is 12.5 Å². The van der Waals surface area contributed by atoms with E-state index in [1.807, 2.05) is 19.0 Å². The third-order valence-corrected chi connectivity index (χ3v) is 3.76. The second-order valence-electron chi connectivity index (χ2n) is 5.98. The summed E-state index contributed by atoms with van der Waals surface area (Å²) in [4.78, 5) is 15.4. The van der Waals surface area contributed by atoms with Crippen LogP contribution in [-0.4, -0.2) is 62.5 Å². The highest BCUT2D eigenvalue weighted by Gasteiger charge is 2.32. The zero-order valence-electron chi connectivity index (χ0n) is 14.3. The molecule has 7 nitrogen and oxygen atoms in total. The molecule has 1 amide bonds. The van der Waals surface area contributed by atoms with E-state index in [2.05, 4.69) is 5.32 Å². The van der Waals surface area contributed by atoms with Gasteiger partial charge in [0.25, 0.3) is 0 Å². The van der Waals surface area contributed by atoms with Gasteiger partial charge in [0.05, 0.1) is 25.4 Å². The fourth-order valence-electron chi connectivity index (χ4n) is 2.39. The van der Waals surface area contributed by atoms with E-state index in [0.29, 0.717) is 18.8 Å². The first kappa shape index (κ1) is 19.2. The number of hydrogen-bond acceptors (Lipinski definition) is 5. The Kier molecular flexibility index (Phi) is 6.77. The first-order valence-electron chi connectivity index (χ1n) is 7.95. The van der Waals surface area contributed by atoms with Crippen LogP contribution in [0.1, 0.15) is 6.42 Å². The van der Waals surface area contributed by atoms with Gasteiger partial charge in [0.15, 0.2) is 16.7 Å². The van der Waals surface area contributed by atoms with E-state index in [1.165, 1.54) is 17.0 Å². The van der Waals surface area contributed by atoms with E-state index in [1.54, 1.807) is 6.07 Å². The Morgan fingerprint density at radius 2 is 2.32 bits per heavy atom. The van der Waals surface area contributed by atoms with Crippen molar-refractivity contribution in [1.82, 2.24) is 10.2 Å². The normalized spacial score (nSPS) is 16.9. The summed E-state index contributed by atoms with van der Waals surface area (Å²) in [5, 5.41) is 2.88. The number of cyclic esters (lactones) is 1. The van der Waals surface area contributed by atoms with Gasteiger partial charge in [0.2, 0.25) is 0 Å². The highest BCUT2D eigenvalue weighted by molar-refractivity contribution is 7.80. The summed E-state index contributed by atoms with van der Waals surface area (Å²) < 4.78 is 24.9. The van der Waals surface area contributed by atoms with Crippen LogP contribution in [-0.2, 0) is 4.74 Å². The van der Waals surface area contributed by atoms with Crippen LogP contribution in [0.25, 0.3) is 0 Å². The maximum absolute atomic E-state index is 14.2. The number of nitrogens with one attached hydrogen (secondary N) is 1. The van der Waals surface area contributed by atoms with Gasteiger partial charge in [-0.2, -0.15) is 0 Å². The van der Waals surface area contributed by atoms with Gasteiger partial charge in [-0.15, -0.1) is 0 Å². The molecule has 1 aromatic carbocycles. The van der Waals surface area contributed by atoms with Gasteiger partial charge < -0.3 is 25.4 Å². The summed E-state index contributed by atoms with van der Waals surface area (Å²) in [6, 6.07) is 4.43. The summed E-state index contributed by atoms with van der Waals surface area (Å²) in [6.45, 7) is 1.89. The summed E-state index contributed by atoms with van der Waals surface area (Å²) in [5.74, 6) is -0.346. The van der Waals surface area contributed by atoms with E-state index < -0.39 is 18.0 Å². The SMILES string of the molecule is CN(C)CCCOc1ccc(N2C[C@H](CNC(N)=S)OC2=O)cc1F. The van der Waals surface area contributed by atoms with Crippen LogP contribution in [0.5, 0.6) is 5.75 Å². The van der Waals surface area contributed by atoms with Crippen molar-refractivity contribution in [3.8, 4) is 5.75 Å². The molecule has 0 spiro atoms. The molecule has 3 N–H and O–H groups in total. The van der Waals surface area contributed by atoms with E-state index in [9.17, 15) is 9.18 Å². The van der Waals surface area contributed by atoms with Crippen molar-refractivity contribution in [2.24, 2.45) is 5.73 Å². The number of nitrogens with two attached hydrogens (primary N) is 1. The third-order valence-electron chi connectivity index (χ3n) is 3.61. The lowest BCUT2D eigenvalue weighted by molar-refractivity contribution is 0.143. The van der Waals surface area contributed by atoms with Crippen molar-refractivity contribution in [3.63, 3.8) is 0 Å². The van der Waals surface area contributed by atoms with Crippen LogP contribution in [0.2, 0.25) is 0 Å². The molecule has 1 aliphatic rings. The fourth-order valence-corrected chi connectivity index (χ4v) is 2.47. The molecule has 1 heterocycles. The molecule has 0 aromatic heterocycles. The maximum atomic E-state index is 14.2. The molecule has 0 radical (unpaired) electrons. The molecule has 25 heavy (non-hydrogen) atoms. The van der Waals surface area contributed by atoms with Gasteiger partial charge in [-0.1, -0.05) is 0 Å². The van der Waals surface area contributed by atoms with Crippen molar-refractivity contribution in [2.75, 3.05) is 45.2 Å². The molecular weight excluding hydrogens is 347 g/mol. The molecule has 1 aromatic rings.